The molecule has 33 heavy (non-hydrogen) atoms. The van der Waals surface area contributed by atoms with Crippen LogP contribution in [0.3, 0.4) is 0 Å². The molecule has 0 bridgehead atoms. The molecule has 0 aromatic heterocycles. The van der Waals surface area contributed by atoms with Crippen LogP contribution < -0.4 is 24.3 Å². The number of ether oxygens (including phenoxy) is 5. The summed E-state index contributed by atoms with van der Waals surface area (Å²) in [4.78, 5) is 27.8. The minimum Gasteiger partial charge on any atom is -0.497 e. The molecule has 1 heterocycles. The smallest absolute Gasteiger partial charge is 0.278 e. The van der Waals surface area contributed by atoms with Gasteiger partial charge in [-0.05, 0) is 24.1 Å². The minimum absolute atomic E-state index is 0.164. The third kappa shape index (κ3) is 4.88. The average Bonchev–Trinajstić information content (AvgIpc) is 3.07. The Hall–Kier alpha value is -3.72. The summed E-state index contributed by atoms with van der Waals surface area (Å²) in [6.07, 6.45) is 0.529. The molecule has 9 heteroatoms. The Morgan fingerprint density at radius 2 is 1.45 bits per heavy atom. The molecular weight excluding hydrogens is 428 g/mol. The van der Waals surface area contributed by atoms with Gasteiger partial charge in [-0.2, -0.15) is 0 Å². The molecule has 2 aromatic carbocycles. The van der Waals surface area contributed by atoms with Gasteiger partial charge < -0.3 is 29.0 Å². The topological polar surface area (TPSA) is 95.6 Å². The lowest BCUT2D eigenvalue weighted by Gasteiger charge is -2.16. The second-order valence-electron chi connectivity index (χ2n) is 7.13. The summed E-state index contributed by atoms with van der Waals surface area (Å²) in [5.41, 5.74) is 1.54. The number of imide groups is 1. The van der Waals surface area contributed by atoms with E-state index in [-0.39, 0.29) is 23.7 Å². The Kier molecular flexibility index (Phi) is 7.78. The van der Waals surface area contributed by atoms with Crippen LogP contribution >= 0.6 is 0 Å². The molecule has 0 saturated carbocycles. The van der Waals surface area contributed by atoms with Crippen LogP contribution in [0.2, 0.25) is 0 Å². The van der Waals surface area contributed by atoms with Crippen molar-refractivity contribution in [2.45, 2.75) is 6.42 Å². The SMILES string of the molecule is COCCCN1C(=O)C(Nc2cc(OC)c(OC)c(OC)c2)=C(c2ccc(OC)cc2)C1=O. The third-order valence-corrected chi connectivity index (χ3v) is 5.21. The van der Waals surface area contributed by atoms with Crippen molar-refractivity contribution in [1.29, 1.82) is 0 Å². The second kappa shape index (κ2) is 10.7. The van der Waals surface area contributed by atoms with E-state index in [9.17, 15) is 9.59 Å². The zero-order valence-electron chi connectivity index (χ0n) is 19.4. The van der Waals surface area contributed by atoms with Crippen molar-refractivity contribution in [2.75, 3.05) is 54.0 Å². The van der Waals surface area contributed by atoms with Gasteiger partial charge in [0.2, 0.25) is 5.75 Å². The summed E-state index contributed by atoms with van der Waals surface area (Å²) in [6, 6.07) is 10.3. The largest absolute Gasteiger partial charge is 0.497 e. The van der Waals surface area contributed by atoms with Crippen molar-refractivity contribution >= 4 is 23.1 Å². The molecule has 2 aromatic rings. The van der Waals surface area contributed by atoms with Crippen molar-refractivity contribution in [3.63, 3.8) is 0 Å². The van der Waals surface area contributed by atoms with E-state index < -0.39 is 5.91 Å². The van der Waals surface area contributed by atoms with E-state index >= 15 is 0 Å². The van der Waals surface area contributed by atoms with Crippen LogP contribution in [0.4, 0.5) is 5.69 Å². The molecule has 0 fully saturated rings. The number of hydrogen-bond donors (Lipinski definition) is 1. The molecular formula is C24H28N2O7. The Balaban J connectivity index is 2.06. The molecule has 0 radical (unpaired) electrons. The first kappa shape index (κ1) is 23.9. The standard InChI is InChI=1S/C24H28N2O7/c1-29-12-6-11-26-23(27)20(15-7-9-17(30-2)10-8-15)21(24(26)28)25-16-13-18(31-3)22(33-5)19(14-16)32-4/h7-10,13-14,25H,6,11-12H2,1-5H3. The van der Waals surface area contributed by atoms with Gasteiger partial charge in [-0.25, -0.2) is 0 Å². The summed E-state index contributed by atoms with van der Waals surface area (Å²) in [6.45, 7) is 0.677. The predicted octanol–water partition coefficient (Wildman–Crippen LogP) is 2.95. The van der Waals surface area contributed by atoms with Crippen molar-refractivity contribution in [3.8, 4) is 23.0 Å². The van der Waals surface area contributed by atoms with Crippen molar-refractivity contribution in [1.82, 2.24) is 4.90 Å². The van der Waals surface area contributed by atoms with Gasteiger partial charge in [-0.15, -0.1) is 0 Å². The fourth-order valence-electron chi connectivity index (χ4n) is 3.59. The van der Waals surface area contributed by atoms with Crippen molar-refractivity contribution in [2.24, 2.45) is 0 Å². The van der Waals surface area contributed by atoms with Crippen molar-refractivity contribution < 1.29 is 33.3 Å². The van der Waals surface area contributed by atoms with Gasteiger partial charge in [0, 0.05) is 38.1 Å². The number of rotatable bonds is 11. The maximum Gasteiger partial charge on any atom is 0.278 e. The molecule has 0 saturated heterocycles. The lowest BCUT2D eigenvalue weighted by Crippen LogP contribution is -2.33. The van der Waals surface area contributed by atoms with Crippen LogP contribution in [0.5, 0.6) is 23.0 Å². The molecule has 9 nitrogen and oxygen atoms in total. The molecule has 1 N–H and O–H groups in total. The maximum absolute atomic E-state index is 13.3. The fourth-order valence-corrected chi connectivity index (χ4v) is 3.59. The summed E-state index contributed by atoms with van der Waals surface area (Å²) < 4.78 is 26.5. The van der Waals surface area contributed by atoms with E-state index in [1.54, 1.807) is 50.6 Å². The van der Waals surface area contributed by atoms with E-state index in [4.69, 9.17) is 23.7 Å². The van der Waals surface area contributed by atoms with E-state index in [1.807, 2.05) is 0 Å². The van der Waals surface area contributed by atoms with Gasteiger partial charge in [0.25, 0.3) is 11.8 Å². The van der Waals surface area contributed by atoms with Crippen LogP contribution in [-0.2, 0) is 14.3 Å². The number of benzene rings is 2. The van der Waals surface area contributed by atoms with Crippen LogP contribution in [0.15, 0.2) is 42.1 Å². The highest BCUT2D eigenvalue weighted by atomic mass is 16.5. The van der Waals surface area contributed by atoms with E-state index in [0.29, 0.717) is 47.3 Å². The number of hydrogen-bond acceptors (Lipinski definition) is 8. The van der Waals surface area contributed by atoms with Gasteiger partial charge in [0.15, 0.2) is 11.5 Å². The average molecular weight is 456 g/mol. The molecule has 0 aliphatic carbocycles. The summed E-state index contributed by atoms with van der Waals surface area (Å²) in [7, 11) is 7.66. The van der Waals surface area contributed by atoms with Gasteiger partial charge in [-0.3, -0.25) is 14.5 Å². The maximum atomic E-state index is 13.3. The molecule has 1 aliphatic rings. The summed E-state index contributed by atoms with van der Waals surface area (Å²) in [5.74, 6) is 1.10. The fraction of sp³-hybridized carbons (Fsp3) is 0.333. The number of carbonyl (C=O) groups is 2. The summed E-state index contributed by atoms with van der Waals surface area (Å²) in [5, 5.41) is 3.11. The van der Waals surface area contributed by atoms with Crippen LogP contribution in [0, 0.1) is 0 Å². The Labute approximate surface area is 192 Å². The Bertz CT molecular complexity index is 1020. The molecule has 3 rings (SSSR count). The number of amides is 2. The zero-order chi connectivity index (χ0) is 24.0. The van der Waals surface area contributed by atoms with Gasteiger partial charge in [-0.1, -0.05) is 12.1 Å². The van der Waals surface area contributed by atoms with E-state index in [2.05, 4.69) is 5.32 Å². The number of nitrogens with zero attached hydrogens (tertiary/aromatic N) is 1. The number of methoxy groups -OCH3 is 5. The quantitative estimate of drug-likeness (QED) is 0.407. The zero-order valence-corrected chi connectivity index (χ0v) is 19.4. The minimum atomic E-state index is -0.421. The molecule has 0 atom stereocenters. The van der Waals surface area contributed by atoms with Crippen LogP contribution in [-0.4, -0.2) is 65.4 Å². The highest BCUT2D eigenvalue weighted by molar-refractivity contribution is 6.36. The molecule has 0 unspecified atom stereocenters. The van der Waals surface area contributed by atoms with Crippen LogP contribution in [0.1, 0.15) is 12.0 Å². The lowest BCUT2D eigenvalue weighted by molar-refractivity contribution is -0.137. The highest BCUT2D eigenvalue weighted by Crippen LogP contribution is 2.41. The number of carbonyl (C=O) groups excluding carboxylic acids is 2. The van der Waals surface area contributed by atoms with Crippen LogP contribution in [0.25, 0.3) is 5.57 Å². The van der Waals surface area contributed by atoms with Gasteiger partial charge in [0.1, 0.15) is 11.4 Å². The Morgan fingerprint density at radius 3 is 1.97 bits per heavy atom. The third-order valence-electron chi connectivity index (χ3n) is 5.21. The molecule has 2 amide bonds. The normalized spacial score (nSPS) is 13.4. The summed E-state index contributed by atoms with van der Waals surface area (Å²) >= 11 is 0. The highest BCUT2D eigenvalue weighted by Gasteiger charge is 2.39. The van der Waals surface area contributed by atoms with E-state index in [0.717, 1.165) is 0 Å². The number of nitrogens with one attached hydrogen (secondary N) is 1. The first-order valence-electron chi connectivity index (χ1n) is 10.3. The van der Waals surface area contributed by atoms with Gasteiger partial charge >= 0.3 is 0 Å². The molecule has 176 valence electrons. The number of anilines is 1. The predicted molar refractivity (Wildman–Crippen MR) is 123 cm³/mol. The molecule has 0 spiro atoms. The lowest BCUT2D eigenvalue weighted by atomic mass is 10.0. The monoisotopic (exact) mass is 456 g/mol. The Morgan fingerprint density at radius 1 is 0.818 bits per heavy atom. The van der Waals surface area contributed by atoms with E-state index in [1.165, 1.54) is 26.2 Å². The molecule has 1 aliphatic heterocycles. The van der Waals surface area contributed by atoms with Crippen molar-refractivity contribution in [3.05, 3.63) is 47.7 Å². The second-order valence-corrected chi connectivity index (χ2v) is 7.13. The first-order valence-corrected chi connectivity index (χ1v) is 10.3. The first-order chi connectivity index (χ1) is 16.0. The van der Waals surface area contributed by atoms with Gasteiger partial charge in [0.05, 0.1) is 34.0 Å².